The molecule has 0 aliphatic carbocycles. The van der Waals surface area contributed by atoms with Crippen molar-refractivity contribution in [2.24, 2.45) is 0 Å². The van der Waals surface area contributed by atoms with Crippen LogP contribution in [0.15, 0.2) is 30.3 Å². The lowest BCUT2D eigenvalue weighted by Crippen LogP contribution is -2.45. The smallest absolute Gasteiger partial charge is 0.317 e. The molecule has 0 aromatic heterocycles. The van der Waals surface area contributed by atoms with E-state index in [1.807, 2.05) is 6.07 Å². The summed E-state index contributed by atoms with van der Waals surface area (Å²) in [5.74, 6) is -0.740. The minimum Gasteiger partial charge on any atom is -0.480 e. The van der Waals surface area contributed by atoms with Gasteiger partial charge >= 0.3 is 5.97 Å². The first-order chi connectivity index (χ1) is 10.1. The Morgan fingerprint density at radius 2 is 2.10 bits per heavy atom. The highest BCUT2D eigenvalue weighted by Crippen LogP contribution is 2.21. The number of carboxylic acid groups (broad SMARTS) is 1. The number of carbonyl (C=O) groups is 1. The van der Waals surface area contributed by atoms with Crippen LogP contribution < -0.4 is 0 Å². The van der Waals surface area contributed by atoms with Crippen LogP contribution in [-0.4, -0.2) is 52.6 Å². The molecule has 1 saturated heterocycles. The molecule has 1 unspecified atom stereocenters. The van der Waals surface area contributed by atoms with Gasteiger partial charge in [0.15, 0.2) is 0 Å². The first-order valence-corrected chi connectivity index (χ1v) is 7.80. The Bertz CT molecular complexity index is 447. The average Bonchev–Trinajstić information content (AvgIpc) is 2.86. The molecule has 1 heterocycles. The molecule has 2 rings (SSSR count). The van der Waals surface area contributed by atoms with Gasteiger partial charge in [-0.25, -0.2) is 0 Å². The molecule has 0 saturated carbocycles. The van der Waals surface area contributed by atoms with Gasteiger partial charge in [-0.2, -0.15) is 0 Å². The van der Waals surface area contributed by atoms with Crippen molar-refractivity contribution in [1.82, 2.24) is 9.80 Å². The molecule has 0 spiro atoms. The van der Waals surface area contributed by atoms with E-state index in [9.17, 15) is 4.79 Å². The van der Waals surface area contributed by atoms with E-state index in [1.165, 1.54) is 12.0 Å². The van der Waals surface area contributed by atoms with E-state index in [1.54, 1.807) is 0 Å². The summed E-state index contributed by atoms with van der Waals surface area (Å²) >= 11 is 0. The van der Waals surface area contributed by atoms with E-state index in [4.69, 9.17) is 5.11 Å². The molecule has 1 aliphatic heterocycles. The van der Waals surface area contributed by atoms with Gasteiger partial charge in [-0.15, -0.1) is 0 Å². The predicted molar refractivity (Wildman–Crippen MR) is 84.2 cm³/mol. The second-order valence-electron chi connectivity index (χ2n) is 6.17. The normalized spacial score (nSPS) is 19.5. The minimum atomic E-state index is -0.740. The molecule has 4 nitrogen and oxygen atoms in total. The standard InChI is InChI=1S/C17H26N2O2/c1-14(2)19(13-17(20)21)12-16-9-6-10-18(16)11-15-7-4-3-5-8-15/h3-5,7-8,14,16H,6,9-13H2,1-2H3,(H,20,21). The van der Waals surface area contributed by atoms with Crippen LogP contribution in [0.4, 0.5) is 0 Å². The van der Waals surface area contributed by atoms with Gasteiger partial charge in [-0.1, -0.05) is 30.3 Å². The zero-order valence-corrected chi connectivity index (χ0v) is 13.0. The zero-order valence-electron chi connectivity index (χ0n) is 13.0. The lowest BCUT2D eigenvalue weighted by atomic mass is 10.1. The zero-order chi connectivity index (χ0) is 15.2. The molecule has 0 radical (unpaired) electrons. The highest BCUT2D eigenvalue weighted by molar-refractivity contribution is 5.69. The summed E-state index contributed by atoms with van der Waals surface area (Å²) in [4.78, 5) is 15.6. The lowest BCUT2D eigenvalue weighted by Gasteiger charge is -2.32. The number of benzene rings is 1. The van der Waals surface area contributed by atoms with Gasteiger partial charge < -0.3 is 5.11 Å². The van der Waals surface area contributed by atoms with Gasteiger partial charge in [0.25, 0.3) is 0 Å². The summed E-state index contributed by atoms with van der Waals surface area (Å²) in [6.07, 6.45) is 2.37. The molecule has 1 N–H and O–H groups in total. The maximum Gasteiger partial charge on any atom is 0.317 e. The minimum absolute atomic E-state index is 0.132. The van der Waals surface area contributed by atoms with Crippen molar-refractivity contribution in [3.05, 3.63) is 35.9 Å². The van der Waals surface area contributed by atoms with Gasteiger partial charge in [-0.3, -0.25) is 14.6 Å². The molecule has 1 atom stereocenters. The van der Waals surface area contributed by atoms with Crippen LogP contribution in [0.2, 0.25) is 0 Å². The van der Waals surface area contributed by atoms with Crippen LogP contribution in [0.5, 0.6) is 0 Å². The highest BCUT2D eigenvalue weighted by atomic mass is 16.4. The number of nitrogens with zero attached hydrogens (tertiary/aromatic N) is 2. The van der Waals surface area contributed by atoms with Crippen molar-refractivity contribution in [3.8, 4) is 0 Å². The second kappa shape index (κ2) is 7.57. The summed E-state index contributed by atoms with van der Waals surface area (Å²) in [5.41, 5.74) is 1.33. The molecular weight excluding hydrogens is 264 g/mol. The fraction of sp³-hybridized carbons (Fsp3) is 0.588. The summed E-state index contributed by atoms with van der Waals surface area (Å²) < 4.78 is 0. The third-order valence-corrected chi connectivity index (χ3v) is 4.24. The fourth-order valence-corrected chi connectivity index (χ4v) is 3.03. The van der Waals surface area contributed by atoms with Crippen LogP contribution in [0.25, 0.3) is 0 Å². The van der Waals surface area contributed by atoms with E-state index in [2.05, 4.69) is 47.9 Å². The number of likely N-dealkylation sites (tertiary alicyclic amines) is 1. The summed E-state index contributed by atoms with van der Waals surface area (Å²) in [7, 11) is 0. The monoisotopic (exact) mass is 290 g/mol. The van der Waals surface area contributed by atoms with Gasteiger partial charge in [0.05, 0.1) is 6.54 Å². The molecule has 116 valence electrons. The van der Waals surface area contributed by atoms with E-state index < -0.39 is 5.97 Å². The summed E-state index contributed by atoms with van der Waals surface area (Å²) in [6, 6.07) is 11.2. The number of carboxylic acids is 1. The predicted octanol–water partition coefficient (Wildman–Crippen LogP) is 2.45. The molecule has 0 amide bonds. The Labute approximate surface area is 127 Å². The van der Waals surface area contributed by atoms with E-state index in [0.29, 0.717) is 6.04 Å². The molecule has 21 heavy (non-hydrogen) atoms. The van der Waals surface area contributed by atoms with Crippen molar-refractivity contribution in [2.45, 2.75) is 45.3 Å². The van der Waals surface area contributed by atoms with Crippen LogP contribution >= 0.6 is 0 Å². The SMILES string of the molecule is CC(C)N(CC(=O)O)CC1CCCN1Cc1ccccc1. The van der Waals surface area contributed by atoms with Gasteiger partial charge in [-0.05, 0) is 38.8 Å². The Hall–Kier alpha value is -1.39. The first-order valence-electron chi connectivity index (χ1n) is 7.80. The van der Waals surface area contributed by atoms with E-state index in [0.717, 1.165) is 26.1 Å². The number of hydrogen-bond acceptors (Lipinski definition) is 3. The average molecular weight is 290 g/mol. The van der Waals surface area contributed by atoms with Crippen molar-refractivity contribution in [1.29, 1.82) is 0 Å². The van der Waals surface area contributed by atoms with Crippen LogP contribution in [0, 0.1) is 0 Å². The number of aliphatic carboxylic acids is 1. The molecule has 1 aromatic rings. The Balaban J connectivity index is 1.96. The van der Waals surface area contributed by atoms with Crippen molar-refractivity contribution in [3.63, 3.8) is 0 Å². The number of rotatable bonds is 7. The van der Waals surface area contributed by atoms with Gasteiger partial charge in [0.2, 0.25) is 0 Å². The number of hydrogen-bond donors (Lipinski definition) is 1. The van der Waals surface area contributed by atoms with Crippen molar-refractivity contribution < 1.29 is 9.90 Å². The topological polar surface area (TPSA) is 43.8 Å². The van der Waals surface area contributed by atoms with Crippen LogP contribution in [0.1, 0.15) is 32.3 Å². The van der Waals surface area contributed by atoms with E-state index >= 15 is 0 Å². The Morgan fingerprint density at radius 3 is 2.71 bits per heavy atom. The maximum absolute atomic E-state index is 11.0. The molecule has 4 heteroatoms. The third kappa shape index (κ3) is 4.83. The van der Waals surface area contributed by atoms with Crippen molar-refractivity contribution in [2.75, 3.05) is 19.6 Å². The van der Waals surface area contributed by atoms with Gasteiger partial charge in [0.1, 0.15) is 0 Å². The highest BCUT2D eigenvalue weighted by Gasteiger charge is 2.27. The third-order valence-electron chi connectivity index (χ3n) is 4.24. The Morgan fingerprint density at radius 1 is 1.38 bits per heavy atom. The maximum atomic E-state index is 11.0. The van der Waals surface area contributed by atoms with E-state index in [-0.39, 0.29) is 12.6 Å². The quantitative estimate of drug-likeness (QED) is 0.837. The fourth-order valence-electron chi connectivity index (χ4n) is 3.03. The van der Waals surface area contributed by atoms with Crippen LogP contribution in [0.3, 0.4) is 0 Å². The molecule has 0 bridgehead atoms. The van der Waals surface area contributed by atoms with Crippen LogP contribution in [-0.2, 0) is 11.3 Å². The molecule has 1 fully saturated rings. The Kier molecular flexibility index (Phi) is 5.76. The van der Waals surface area contributed by atoms with Gasteiger partial charge in [0, 0.05) is 25.2 Å². The molecule has 1 aromatic carbocycles. The summed E-state index contributed by atoms with van der Waals surface area (Å²) in [5, 5.41) is 9.05. The lowest BCUT2D eigenvalue weighted by molar-refractivity contribution is -0.139. The first kappa shape index (κ1) is 16.0. The molecular formula is C17H26N2O2. The largest absolute Gasteiger partial charge is 0.480 e. The second-order valence-corrected chi connectivity index (χ2v) is 6.17. The molecule has 1 aliphatic rings. The van der Waals surface area contributed by atoms with Crippen molar-refractivity contribution >= 4 is 5.97 Å². The summed E-state index contributed by atoms with van der Waals surface area (Å²) in [6.45, 7) is 7.19.